The Labute approximate surface area is 134 Å². The second kappa shape index (κ2) is 5.46. The highest BCUT2D eigenvalue weighted by Crippen LogP contribution is 2.25. The maximum atomic E-state index is 5.48. The van der Waals surface area contributed by atoms with Crippen LogP contribution in [0.15, 0.2) is 15.9 Å². The van der Waals surface area contributed by atoms with E-state index in [9.17, 15) is 0 Å². The van der Waals surface area contributed by atoms with E-state index in [4.69, 9.17) is 12.2 Å². The molecule has 0 aliphatic rings. The largest absolute Gasteiger partial charge is 0.328 e. The number of imidazole rings is 1. The summed E-state index contributed by atoms with van der Waals surface area (Å²) in [6, 6.07) is 4.19. The molecule has 3 aromatic rings. The molecule has 3 heterocycles. The molecule has 106 valence electrons. The fourth-order valence-corrected chi connectivity index (χ4v) is 4.15. The van der Waals surface area contributed by atoms with E-state index in [-0.39, 0.29) is 0 Å². The Balaban J connectivity index is 2.10. The van der Waals surface area contributed by atoms with Crippen molar-refractivity contribution in [1.82, 2.24) is 19.3 Å². The van der Waals surface area contributed by atoms with Crippen molar-refractivity contribution in [1.29, 1.82) is 0 Å². The van der Waals surface area contributed by atoms with Crippen LogP contribution in [0.25, 0.3) is 11.2 Å². The standard InChI is InChI=1S/C13H15BrN4S2/c1-3-4-9-11-12(17(2)16-9)18(13(19)15-11)7-8-5-6-10(14)20-8/h5-6H,3-4,7H2,1-2H3,(H,15,19). The molecule has 0 saturated heterocycles. The van der Waals surface area contributed by atoms with Crippen LogP contribution >= 0.6 is 39.5 Å². The molecule has 0 spiro atoms. The van der Waals surface area contributed by atoms with Gasteiger partial charge in [0, 0.05) is 11.9 Å². The zero-order valence-corrected chi connectivity index (χ0v) is 14.5. The van der Waals surface area contributed by atoms with E-state index in [0.717, 1.165) is 44.8 Å². The molecule has 7 heteroatoms. The summed E-state index contributed by atoms with van der Waals surface area (Å²) in [6.07, 6.45) is 2.05. The van der Waals surface area contributed by atoms with Crippen molar-refractivity contribution in [3.05, 3.63) is 31.3 Å². The topological polar surface area (TPSA) is 38.5 Å². The normalized spacial score (nSPS) is 11.6. The van der Waals surface area contributed by atoms with Crippen LogP contribution in [0.2, 0.25) is 0 Å². The molecule has 0 aromatic carbocycles. The maximum absolute atomic E-state index is 5.48. The lowest BCUT2D eigenvalue weighted by molar-refractivity contribution is 0.706. The van der Waals surface area contributed by atoms with Gasteiger partial charge in [-0.15, -0.1) is 11.3 Å². The highest BCUT2D eigenvalue weighted by atomic mass is 79.9. The summed E-state index contributed by atoms with van der Waals surface area (Å²) in [7, 11) is 1.98. The summed E-state index contributed by atoms with van der Waals surface area (Å²) < 4.78 is 5.95. The lowest BCUT2D eigenvalue weighted by atomic mass is 10.2. The van der Waals surface area contributed by atoms with Gasteiger partial charge in [0.25, 0.3) is 0 Å². The average molecular weight is 371 g/mol. The second-order valence-corrected chi connectivity index (χ2v) is 7.68. The molecule has 0 atom stereocenters. The number of aromatic amines is 1. The van der Waals surface area contributed by atoms with Crippen LogP contribution in [-0.2, 0) is 20.0 Å². The average Bonchev–Trinajstić information content (AvgIpc) is 3.02. The number of thiophene rings is 1. The number of aryl methyl sites for hydroxylation is 2. The van der Waals surface area contributed by atoms with Crippen molar-refractivity contribution in [2.24, 2.45) is 7.05 Å². The predicted octanol–water partition coefficient (Wildman–Crippen LogP) is 4.26. The quantitative estimate of drug-likeness (QED) is 0.696. The first-order valence-corrected chi connectivity index (χ1v) is 8.50. The van der Waals surface area contributed by atoms with Gasteiger partial charge < -0.3 is 4.98 Å². The first kappa shape index (κ1) is 14.0. The van der Waals surface area contributed by atoms with Crippen LogP contribution in [0.4, 0.5) is 0 Å². The Morgan fingerprint density at radius 3 is 2.90 bits per heavy atom. The van der Waals surface area contributed by atoms with E-state index >= 15 is 0 Å². The Morgan fingerprint density at radius 1 is 1.45 bits per heavy atom. The van der Waals surface area contributed by atoms with E-state index in [1.165, 1.54) is 4.88 Å². The zero-order chi connectivity index (χ0) is 14.3. The van der Waals surface area contributed by atoms with Gasteiger partial charge in [0.15, 0.2) is 10.4 Å². The summed E-state index contributed by atoms with van der Waals surface area (Å²) in [5.41, 5.74) is 3.25. The highest BCUT2D eigenvalue weighted by Gasteiger charge is 2.15. The Hall–Kier alpha value is -0.920. The molecule has 3 aromatic heterocycles. The molecule has 1 N–H and O–H groups in total. The molecule has 0 radical (unpaired) electrons. The number of H-pyrrole nitrogens is 1. The lowest BCUT2D eigenvalue weighted by Gasteiger charge is -2.02. The van der Waals surface area contributed by atoms with Gasteiger partial charge in [0.2, 0.25) is 0 Å². The molecule has 0 aliphatic carbocycles. The first-order valence-electron chi connectivity index (χ1n) is 6.48. The number of nitrogens with zero attached hydrogens (tertiary/aromatic N) is 3. The second-order valence-electron chi connectivity index (χ2n) is 4.74. The summed E-state index contributed by atoms with van der Waals surface area (Å²) >= 11 is 10.7. The van der Waals surface area contributed by atoms with E-state index in [1.54, 1.807) is 11.3 Å². The van der Waals surface area contributed by atoms with E-state index in [0.29, 0.717) is 0 Å². The monoisotopic (exact) mass is 370 g/mol. The van der Waals surface area contributed by atoms with Gasteiger partial charge in [-0.1, -0.05) is 13.3 Å². The number of nitrogens with one attached hydrogen (secondary N) is 1. The van der Waals surface area contributed by atoms with Gasteiger partial charge in [0.1, 0.15) is 5.52 Å². The summed E-state index contributed by atoms with van der Waals surface area (Å²) in [4.78, 5) is 4.59. The summed E-state index contributed by atoms with van der Waals surface area (Å²) in [5, 5.41) is 4.60. The number of halogens is 1. The third-order valence-electron chi connectivity index (χ3n) is 3.25. The molecule has 4 nitrogen and oxygen atoms in total. The number of hydrogen-bond acceptors (Lipinski definition) is 3. The van der Waals surface area contributed by atoms with Crippen LogP contribution in [0.1, 0.15) is 23.9 Å². The van der Waals surface area contributed by atoms with Gasteiger partial charge in [-0.3, -0.25) is 9.25 Å². The molecular weight excluding hydrogens is 356 g/mol. The molecule has 0 amide bonds. The minimum absolute atomic E-state index is 0.759. The van der Waals surface area contributed by atoms with Crippen molar-refractivity contribution in [2.75, 3.05) is 0 Å². The van der Waals surface area contributed by atoms with Crippen molar-refractivity contribution in [3.63, 3.8) is 0 Å². The van der Waals surface area contributed by atoms with Gasteiger partial charge in [0.05, 0.1) is 16.0 Å². The fourth-order valence-electron chi connectivity index (χ4n) is 2.43. The molecule has 0 bridgehead atoms. The van der Waals surface area contributed by atoms with Gasteiger partial charge in [-0.25, -0.2) is 0 Å². The Kier molecular flexibility index (Phi) is 3.83. The summed E-state index contributed by atoms with van der Waals surface area (Å²) in [6.45, 7) is 2.94. The smallest absolute Gasteiger partial charge is 0.179 e. The van der Waals surface area contributed by atoms with Crippen molar-refractivity contribution < 1.29 is 0 Å². The zero-order valence-electron chi connectivity index (χ0n) is 11.3. The minimum Gasteiger partial charge on any atom is -0.328 e. The fraction of sp³-hybridized carbons (Fsp3) is 0.385. The molecule has 3 rings (SSSR count). The number of fused-ring (bicyclic) bond motifs is 1. The molecule has 0 aliphatic heterocycles. The molecular formula is C13H15BrN4S2. The predicted molar refractivity (Wildman–Crippen MR) is 89.0 cm³/mol. The molecule has 20 heavy (non-hydrogen) atoms. The highest BCUT2D eigenvalue weighted by molar-refractivity contribution is 9.11. The number of hydrogen-bond donors (Lipinski definition) is 1. The Morgan fingerprint density at radius 2 is 2.25 bits per heavy atom. The minimum atomic E-state index is 0.759. The van der Waals surface area contributed by atoms with E-state index in [1.807, 2.05) is 11.7 Å². The van der Waals surface area contributed by atoms with Crippen molar-refractivity contribution in [2.45, 2.75) is 26.3 Å². The maximum Gasteiger partial charge on any atom is 0.179 e. The van der Waals surface area contributed by atoms with Crippen LogP contribution in [0, 0.1) is 4.77 Å². The number of aromatic nitrogens is 4. The molecule has 0 saturated carbocycles. The molecule has 0 fully saturated rings. The molecule has 0 unspecified atom stereocenters. The van der Waals surface area contributed by atoms with Gasteiger partial charge in [-0.05, 0) is 46.7 Å². The lowest BCUT2D eigenvalue weighted by Crippen LogP contribution is -2.03. The van der Waals surface area contributed by atoms with Crippen LogP contribution < -0.4 is 0 Å². The number of rotatable bonds is 4. The van der Waals surface area contributed by atoms with Crippen molar-refractivity contribution in [3.8, 4) is 0 Å². The van der Waals surface area contributed by atoms with Crippen LogP contribution in [0.3, 0.4) is 0 Å². The summed E-state index contributed by atoms with van der Waals surface area (Å²) in [5.74, 6) is 0. The van der Waals surface area contributed by atoms with Crippen LogP contribution in [0.5, 0.6) is 0 Å². The van der Waals surface area contributed by atoms with Crippen molar-refractivity contribution >= 4 is 50.6 Å². The third-order valence-corrected chi connectivity index (χ3v) is 5.18. The SMILES string of the molecule is CCCc1nn(C)c2c1[nH]c(=S)n2Cc1ccc(Br)s1. The van der Waals surface area contributed by atoms with E-state index in [2.05, 4.69) is 49.6 Å². The third kappa shape index (κ3) is 2.38. The van der Waals surface area contributed by atoms with Gasteiger partial charge in [-0.2, -0.15) is 5.10 Å². The van der Waals surface area contributed by atoms with Crippen LogP contribution in [-0.4, -0.2) is 19.3 Å². The first-order chi connectivity index (χ1) is 9.60. The Bertz CT molecular complexity index is 808. The van der Waals surface area contributed by atoms with E-state index < -0.39 is 0 Å². The van der Waals surface area contributed by atoms with Gasteiger partial charge >= 0.3 is 0 Å².